The van der Waals surface area contributed by atoms with Gasteiger partial charge in [0.2, 0.25) is 11.7 Å². The normalized spacial score (nSPS) is 14.0. The second-order valence-electron chi connectivity index (χ2n) is 3.48. The molecule has 0 aliphatic heterocycles. The van der Waals surface area contributed by atoms with Crippen LogP contribution in [0.25, 0.3) is 0 Å². The molecule has 18 heavy (non-hydrogen) atoms. The van der Waals surface area contributed by atoms with Crippen LogP contribution in [-0.2, 0) is 9.53 Å². The third-order valence-electron chi connectivity index (χ3n) is 1.68. The van der Waals surface area contributed by atoms with Gasteiger partial charge in [0.05, 0.1) is 5.92 Å². The average molecular weight is 270 g/mol. The first-order valence-electron chi connectivity index (χ1n) is 4.79. The average Bonchev–Trinajstić information content (AvgIpc) is 2.32. The van der Waals surface area contributed by atoms with Gasteiger partial charge >= 0.3 is 5.97 Å². The minimum Gasteiger partial charge on any atom is -0.425 e. The van der Waals surface area contributed by atoms with Gasteiger partial charge in [-0.05, 0) is 0 Å². The van der Waals surface area contributed by atoms with Gasteiger partial charge in [0.1, 0.15) is 0 Å². The van der Waals surface area contributed by atoms with E-state index in [9.17, 15) is 26.7 Å². The van der Waals surface area contributed by atoms with Crippen LogP contribution in [0.15, 0.2) is 35.6 Å². The maximum absolute atomic E-state index is 13.2. The van der Waals surface area contributed by atoms with Crippen molar-refractivity contribution in [3.05, 3.63) is 35.6 Å². The number of carbonyl (C=O) groups excluding carboxylic acids is 1. The van der Waals surface area contributed by atoms with Gasteiger partial charge in [-0.1, -0.05) is 20.4 Å². The number of rotatable bonds is 5. The summed E-state index contributed by atoms with van der Waals surface area (Å²) in [6, 6.07) is 0. The number of esters is 1. The van der Waals surface area contributed by atoms with Crippen LogP contribution in [0.3, 0.4) is 0 Å². The topological polar surface area (TPSA) is 26.3 Å². The maximum Gasteiger partial charge on any atom is 0.313 e. The van der Waals surface area contributed by atoms with Crippen molar-refractivity contribution in [1.82, 2.24) is 0 Å². The lowest BCUT2D eigenvalue weighted by molar-refractivity contribution is -0.143. The number of halogens is 5. The molecular formula is C11H11F5O2. The van der Waals surface area contributed by atoms with Crippen LogP contribution >= 0.6 is 0 Å². The van der Waals surface area contributed by atoms with Gasteiger partial charge < -0.3 is 4.74 Å². The Hall–Kier alpha value is -1.66. The van der Waals surface area contributed by atoms with Gasteiger partial charge in [-0.25, -0.2) is 17.6 Å². The largest absolute Gasteiger partial charge is 0.425 e. The quantitative estimate of drug-likeness (QED) is 0.327. The predicted octanol–water partition coefficient (Wildman–Crippen LogP) is 3.97. The molecule has 0 amide bonds. The standard InChI is InChI=1S/C11H11F5O2/c1-5(2)11(17)18-7(4-12)9(15)10(16)8(14)6(3)13/h5H,3-4H2,1-2H3/b9-7-,10-8-. The monoisotopic (exact) mass is 270 g/mol. The fourth-order valence-electron chi connectivity index (χ4n) is 0.708. The number of ether oxygens (including phenoxy) is 1. The van der Waals surface area contributed by atoms with Gasteiger partial charge in [0.15, 0.2) is 24.1 Å². The molecule has 102 valence electrons. The van der Waals surface area contributed by atoms with E-state index < -0.39 is 47.6 Å². The van der Waals surface area contributed by atoms with Crippen molar-refractivity contribution < 1.29 is 31.5 Å². The number of alkyl halides is 1. The summed E-state index contributed by atoms with van der Waals surface area (Å²) in [5.41, 5.74) is 0. The second kappa shape index (κ2) is 6.93. The summed E-state index contributed by atoms with van der Waals surface area (Å²) >= 11 is 0. The number of allylic oxidation sites excluding steroid dienone is 5. The Morgan fingerprint density at radius 1 is 1.11 bits per heavy atom. The van der Waals surface area contributed by atoms with Crippen LogP contribution in [0.2, 0.25) is 0 Å². The van der Waals surface area contributed by atoms with Crippen LogP contribution < -0.4 is 0 Å². The fourth-order valence-corrected chi connectivity index (χ4v) is 0.708. The van der Waals surface area contributed by atoms with E-state index in [0.717, 1.165) is 0 Å². The third-order valence-corrected chi connectivity index (χ3v) is 1.68. The first kappa shape index (κ1) is 16.3. The molecule has 0 spiro atoms. The smallest absolute Gasteiger partial charge is 0.313 e. The van der Waals surface area contributed by atoms with Gasteiger partial charge in [-0.15, -0.1) is 0 Å². The van der Waals surface area contributed by atoms with Crippen molar-refractivity contribution in [2.45, 2.75) is 13.8 Å². The minimum absolute atomic E-state index is 0.729. The highest BCUT2D eigenvalue weighted by molar-refractivity contribution is 5.72. The van der Waals surface area contributed by atoms with Crippen molar-refractivity contribution in [2.24, 2.45) is 5.92 Å². The lowest BCUT2D eigenvalue weighted by atomic mass is 10.2. The molecule has 0 aromatic carbocycles. The first-order valence-corrected chi connectivity index (χ1v) is 4.79. The molecule has 0 fully saturated rings. The molecule has 0 aromatic rings. The first-order chi connectivity index (χ1) is 8.22. The van der Waals surface area contributed by atoms with Gasteiger partial charge in [0, 0.05) is 0 Å². The van der Waals surface area contributed by atoms with Crippen LogP contribution in [-0.4, -0.2) is 12.6 Å². The predicted molar refractivity (Wildman–Crippen MR) is 54.5 cm³/mol. The number of hydrogen-bond donors (Lipinski definition) is 0. The van der Waals surface area contributed by atoms with Crippen LogP contribution in [0.1, 0.15) is 13.8 Å². The van der Waals surface area contributed by atoms with Crippen LogP contribution in [0.4, 0.5) is 22.0 Å². The summed E-state index contributed by atoms with van der Waals surface area (Å²) in [5.74, 6) is -11.6. The maximum atomic E-state index is 13.2. The summed E-state index contributed by atoms with van der Waals surface area (Å²) < 4.78 is 67.5. The zero-order valence-electron chi connectivity index (χ0n) is 9.70. The Bertz CT molecular complexity index is 410. The SMILES string of the molecule is C=C(F)/C(F)=C(F)\C(F)=C(/CF)OC(=O)C(C)C. The summed E-state index contributed by atoms with van der Waals surface area (Å²) in [6.45, 7) is 3.45. The number of hydrogen-bond acceptors (Lipinski definition) is 2. The number of carbonyl (C=O) groups is 1. The molecule has 0 saturated carbocycles. The Kier molecular flexibility index (Phi) is 6.29. The van der Waals surface area contributed by atoms with Gasteiger partial charge in [-0.2, -0.15) is 4.39 Å². The third kappa shape index (κ3) is 4.31. The highest BCUT2D eigenvalue weighted by Gasteiger charge is 2.22. The molecule has 0 heterocycles. The lowest BCUT2D eigenvalue weighted by Crippen LogP contribution is -2.13. The molecule has 0 aromatic heterocycles. The van der Waals surface area contributed by atoms with E-state index in [1.807, 2.05) is 0 Å². The van der Waals surface area contributed by atoms with E-state index in [1.54, 1.807) is 0 Å². The molecule has 0 N–H and O–H groups in total. The van der Waals surface area contributed by atoms with E-state index in [4.69, 9.17) is 0 Å². The molecule has 0 unspecified atom stereocenters. The van der Waals surface area contributed by atoms with E-state index in [-0.39, 0.29) is 0 Å². The van der Waals surface area contributed by atoms with Crippen molar-refractivity contribution in [2.75, 3.05) is 6.67 Å². The summed E-state index contributed by atoms with van der Waals surface area (Å²) in [6.07, 6.45) is 0. The van der Waals surface area contributed by atoms with E-state index in [1.165, 1.54) is 13.8 Å². The van der Waals surface area contributed by atoms with Crippen molar-refractivity contribution >= 4 is 5.97 Å². The van der Waals surface area contributed by atoms with Crippen molar-refractivity contribution in [1.29, 1.82) is 0 Å². The molecule has 0 saturated heterocycles. The second-order valence-corrected chi connectivity index (χ2v) is 3.48. The molecule has 7 heteroatoms. The summed E-state index contributed by atoms with van der Waals surface area (Å²) in [4.78, 5) is 11.0. The van der Waals surface area contributed by atoms with Gasteiger partial charge in [0.25, 0.3) is 0 Å². The zero-order valence-corrected chi connectivity index (χ0v) is 9.70. The van der Waals surface area contributed by atoms with Gasteiger partial charge in [-0.3, -0.25) is 4.79 Å². The lowest BCUT2D eigenvalue weighted by Gasteiger charge is -2.08. The van der Waals surface area contributed by atoms with E-state index >= 15 is 0 Å². The molecule has 2 nitrogen and oxygen atoms in total. The molecule has 0 rings (SSSR count). The van der Waals surface area contributed by atoms with Crippen LogP contribution in [0.5, 0.6) is 0 Å². The summed E-state index contributed by atoms with van der Waals surface area (Å²) in [7, 11) is 0. The minimum atomic E-state index is -2.31. The highest BCUT2D eigenvalue weighted by atomic mass is 19.2. The highest BCUT2D eigenvalue weighted by Crippen LogP contribution is 2.27. The summed E-state index contributed by atoms with van der Waals surface area (Å²) in [5, 5.41) is 0. The molecule has 0 aliphatic carbocycles. The van der Waals surface area contributed by atoms with Crippen LogP contribution in [0, 0.1) is 5.92 Å². The van der Waals surface area contributed by atoms with E-state index in [0.29, 0.717) is 0 Å². The Morgan fingerprint density at radius 3 is 1.94 bits per heavy atom. The molecule has 0 atom stereocenters. The van der Waals surface area contributed by atoms with Crippen molar-refractivity contribution in [3.8, 4) is 0 Å². The fraction of sp³-hybridized carbons (Fsp3) is 0.364. The Labute approximate surface area is 100 Å². The zero-order chi connectivity index (χ0) is 14.5. The molecule has 0 radical (unpaired) electrons. The Morgan fingerprint density at radius 2 is 1.61 bits per heavy atom. The Balaban J connectivity index is 5.35. The molecular weight excluding hydrogens is 259 g/mol. The van der Waals surface area contributed by atoms with E-state index in [2.05, 4.69) is 11.3 Å². The molecule has 0 aliphatic rings. The molecule has 0 bridgehead atoms. The van der Waals surface area contributed by atoms with Crippen molar-refractivity contribution in [3.63, 3.8) is 0 Å².